The Bertz CT molecular complexity index is 573. The molecule has 2 unspecified atom stereocenters. The lowest BCUT2D eigenvalue weighted by Gasteiger charge is -2.40. The summed E-state index contributed by atoms with van der Waals surface area (Å²) in [6, 6.07) is 0. The third-order valence-corrected chi connectivity index (χ3v) is 12.9. The summed E-state index contributed by atoms with van der Waals surface area (Å²) in [5.41, 5.74) is 0. The number of allylic oxidation sites excluding steroid dienone is 6. The van der Waals surface area contributed by atoms with Crippen LogP contribution >= 0.6 is 12.9 Å². The van der Waals surface area contributed by atoms with Crippen LogP contribution in [0.25, 0.3) is 0 Å². The highest BCUT2D eigenvalue weighted by Gasteiger charge is 2.54. The Kier molecular flexibility index (Phi) is 3.37. The number of hydrogen-bond donors (Lipinski definition) is 0. The number of fused-ring (bicyclic) bond motifs is 4. The highest BCUT2D eigenvalue weighted by molar-refractivity contribution is 8.48. The number of ether oxygens (including phenoxy) is 2. The maximum absolute atomic E-state index is 6.16. The molecule has 21 heavy (non-hydrogen) atoms. The van der Waals surface area contributed by atoms with Crippen LogP contribution in [0.4, 0.5) is 0 Å². The molecule has 4 aliphatic rings. The summed E-state index contributed by atoms with van der Waals surface area (Å²) < 4.78 is 12.3. The van der Waals surface area contributed by atoms with Crippen LogP contribution in [-0.4, -0.2) is 30.3 Å². The molecule has 0 aromatic carbocycles. The SMILES string of the molecule is CC1(C)O[C@H]2C[P+]3([S-])C=CC=C3C3=CC=C[P+]3([S-])C[C@@H]2O1. The summed E-state index contributed by atoms with van der Waals surface area (Å²) in [7, 11) is 0. The molecule has 0 N–H and O–H groups in total. The van der Waals surface area contributed by atoms with Crippen LogP contribution in [0.2, 0.25) is 0 Å². The zero-order valence-corrected chi connectivity index (χ0v) is 15.5. The van der Waals surface area contributed by atoms with Crippen molar-refractivity contribution in [3.63, 3.8) is 0 Å². The molecule has 4 rings (SSSR count). The average molecular weight is 356 g/mol. The van der Waals surface area contributed by atoms with Crippen molar-refractivity contribution >= 4 is 37.4 Å². The van der Waals surface area contributed by atoms with Crippen LogP contribution in [0.15, 0.2) is 46.6 Å². The second-order valence-electron chi connectivity index (χ2n) is 6.46. The van der Waals surface area contributed by atoms with Gasteiger partial charge in [-0.1, -0.05) is 0 Å². The molecule has 0 spiro atoms. The van der Waals surface area contributed by atoms with E-state index >= 15 is 0 Å². The zero-order valence-electron chi connectivity index (χ0n) is 12.1. The van der Waals surface area contributed by atoms with Gasteiger partial charge in [-0.25, -0.2) is 0 Å². The Morgan fingerprint density at radius 3 is 1.81 bits per heavy atom. The maximum Gasteiger partial charge on any atom is 0.164 e. The highest BCUT2D eigenvalue weighted by Crippen LogP contribution is 2.82. The fourth-order valence-corrected chi connectivity index (χ4v) is 12.3. The molecule has 0 aromatic heterocycles. The summed E-state index contributed by atoms with van der Waals surface area (Å²) in [5.74, 6) is 3.93. The van der Waals surface area contributed by atoms with Gasteiger partial charge in [-0.05, 0) is 51.1 Å². The summed E-state index contributed by atoms with van der Waals surface area (Å²) in [5, 5.41) is 2.66. The molecular formula is C15H18O2P2S2. The van der Waals surface area contributed by atoms with Crippen LogP contribution in [0, 0.1) is 0 Å². The van der Waals surface area contributed by atoms with Crippen molar-refractivity contribution < 1.29 is 9.47 Å². The van der Waals surface area contributed by atoms with Gasteiger partial charge in [0.2, 0.25) is 0 Å². The van der Waals surface area contributed by atoms with Crippen molar-refractivity contribution in [3.05, 3.63) is 46.6 Å². The molecule has 4 aliphatic heterocycles. The predicted molar refractivity (Wildman–Crippen MR) is 96.6 cm³/mol. The van der Waals surface area contributed by atoms with E-state index in [1.807, 2.05) is 13.8 Å². The predicted octanol–water partition coefficient (Wildman–Crippen LogP) is 4.30. The molecule has 0 amide bonds. The van der Waals surface area contributed by atoms with Crippen molar-refractivity contribution in [1.82, 2.24) is 0 Å². The van der Waals surface area contributed by atoms with Crippen LogP contribution in [0.5, 0.6) is 0 Å². The van der Waals surface area contributed by atoms with Crippen LogP contribution in [0.3, 0.4) is 0 Å². The second kappa shape index (κ2) is 4.72. The minimum atomic E-state index is -1.72. The Labute approximate surface area is 137 Å². The lowest BCUT2D eigenvalue weighted by atomic mass is 10.3. The first-order chi connectivity index (χ1) is 9.81. The first-order valence-corrected chi connectivity index (χ1v) is 13.3. The molecular weight excluding hydrogens is 338 g/mol. The molecule has 2 fully saturated rings. The van der Waals surface area contributed by atoms with E-state index in [0.717, 1.165) is 12.3 Å². The Morgan fingerprint density at radius 1 is 0.952 bits per heavy atom. The van der Waals surface area contributed by atoms with Gasteiger partial charge in [-0.2, -0.15) is 0 Å². The molecule has 2 nitrogen and oxygen atoms in total. The van der Waals surface area contributed by atoms with Crippen LogP contribution in [-0.2, 0) is 34.0 Å². The molecule has 4 atom stereocenters. The van der Waals surface area contributed by atoms with Crippen molar-refractivity contribution in [2.75, 3.05) is 12.3 Å². The van der Waals surface area contributed by atoms with Gasteiger partial charge in [0.25, 0.3) is 0 Å². The van der Waals surface area contributed by atoms with E-state index in [-0.39, 0.29) is 12.2 Å². The normalized spacial score (nSPS) is 46.3. The van der Waals surface area contributed by atoms with E-state index in [1.54, 1.807) is 0 Å². The monoisotopic (exact) mass is 356 g/mol. The van der Waals surface area contributed by atoms with E-state index in [2.05, 4.69) is 35.9 Å². The molecule has 112 valence electrons. The molecule has 4 heterocycles. The van der Waals surface area contributed by atoms with Gasteiger partial charge in [-0.15, -0.1) is 0 Å². The van der Waals surface area contributed by atoms with Gasteiger partial charge in [0, 0.05) is 11.6 Å². The first kappa shape index (κ1) is 15.0. The Morgan fingerprint density at radius 2 is 1.38 bits per heavy atom. The van der Waals surface area contributed by atoms with Gasteiger partial charge >= 0.3 is 0 Å². The van der Waals surface area contributed by atoms with Crippen LogP contribution < -0.4 is 0 Å². The molecule has 0 saturated carbocycles. The summed E-state index contributed by atoms with van der Waals surface area (Å²) >= 11 is 12.2. The lowest BCUT2D eigenvalue weighted by molar-refractivity contribution is -0.142. The maximum atomic E-state index is 6.16. The van der Waals surface area contributed by atoms with Gasteiger partial charge < -0.3 is 34.0 Å². The topological polar surface area (TPSA) is 18.5 Å². The van der Waals surface area contributed by atoms with E-state index in [4.69, 9.17) is 34.0 Å². The molecule has 0 aromatic rings. The highest BCUT2D eigenvalue weighted by atomic mass is 32.7. The van der Waals surface area contributed by atoms with Crippen molar-refractivity contribution in [1.29, 1.82) is 0 Å². The number of hydrogen-bond acceptors (Lipinski definition) is 4. The third kappa shape index (κ3) is 2.35. The number of rotatable bonds is 0. The summed E-state index contributed by atoms with van der Waals surface area (Å²) in [6.45, 7) is 0.533. The molecule has 0 bridgehead atoms. The smallest absolute Gasteiger partial charge is 0.164 e. The standard InChI is InChI=1S/C15H18O2P2S2/c1-15(2)16-11-9-18(20)7-3-5-13(18)14-6-4-8-19(14,21)10-12(11)17-15/h3-8,11-12H,9-10H2,1-2H3/t11-,12-,18?,19?/m0/s1. The molecule has 2 saturated heterocycles. The second-order valence-corrected chi connectivity index (χ2v) is 15.8. The van der Waals surface area contributed by atoms with Gasteiger partial charge in [0.15, 0.2) is 5.79 Å². The van der Waals surface area contributed by atoms with Crippen molar-refractivity contribution in [2.24, 2.45) is 0 Å². The van der Waals surface area contributed by atoms with E-state index in [9.17, 15) is 0 Å². The third-order valence-electron chi connectivity index (χ3n) is 4.43. The van der Waals surface area contributed by atoms with E-state index < -0.39 is 18.7 Å². The summed E-state index contributed by atoms with van der Waals surface area (Å²) in [4.78, 5) is 0. The minimum absolute atomic E-state index is 0.0763. The fraction of sp³-hybridized carbons (Fsp3) is 0.467. The van der Waals surface area contributed by atoms with Gasteiger partial charge in [-0.3, -0.25) is 0 Å². The molecule has 0 radical (unpaired) electrons. The molecule has 0 aliphatic carbocycles. The Balaban J connectivity index is 1.80. The first-order valence-electron chi connectivity index (χ1n) is 7.15. The largest absolute Gasteiger partial charge is 0.546 e. The quantitative estimate of drug-likeness (QED) is 0.476. The van der Waals surface area contributed by atoms with Crippen LogP contribution in [0.1, 0.15) is 13.8 Å². The van der Waals surface area contributed by atoms with E-state index in [0.29, 0.717) is 0 Å². The summed E-state index contributed by atoms with van der Waals surface area (Å²) in [6.07, 6.45) is 10.6. The van der Waals surface area contributed by atoms with Crippen molar-refractivity contribution in [3.8, 4) is 0 Å². The molecule has 6 heteroatoms. The minimum Gasteiger partial charge on any atom is -0.546 e. The Hall–Kier alpha value is 0.440. The average Bonchev–Trinajstić information content (AvgIpc) is 2.97. The van der Waals surface area contributed by atoms with E-state index in [1.165, 1.54) is 10.6 Å². The lowest BCUT2D eigenvalue weighted by Crippen LogP contribution is -2.32. The van der Waals surface area contributed by atoms with Gasteiger partial charge in [0.05, 0.1) is 12.3 Å². The fourth-order valence-electron chi connectivity index (χ4n) is 3.59. The zero-order chi connectivity index (χ0) is 14.9. The van der Waals surface area contributed by atoms with Crippen molar-refractivity contribution in [2.45, 2.75) is 31.8 Å². The van der Waals surface area contributed by atoms with Gasteiger partial charge in [0.1, 0.15) is 22.8 Å².